The lowest BCUT2D eigenvalue weighted by Crippen LogP contribution is -2.41. The Bertz CT molecular complexity index is 863. The van der Waals surface area contributed by atoms with Gasteiger partial charge in [-0.2, -0.15) is 0 Å². The molecule has 0 spiro atoms. The number of carbonyl (C=O) groups is 1. The van der Waals surface area contributed by atoms with E-state index in [1.54, 1.807) is 24.3 Å². The van der Waals surface area contributed by atoms with E-state index in [0.717, 1.165) is 11.3 Å². The second kappa shape index (κ2) is 14.9. The molecule has 0 aromatic heterocycles. The molecular formula is C23H32ClIN4O3. The van der Waals surface area contributed by atoms with E-state index in [1.807, 2.05) is 45.0 Å². The highest BCUT2D eigenvalue weighted by Gasteiger charge is 2.10. The summed E-state index contributed by atoms with van der Waals surface area (Å²) in [5, 5.41) is 19.9. The van der Waals surface area contributed by atoms with Crippen molar-refractivity contribution >= 4 is 47.4 Å². The first-order valence-corrected chi connectivity index (χ1v) is 10.8. The van der Waals surface area contributed by atoms with Gasteiger partial charge in [-0.05, 0) is 50.6 Å². The minimum Gasteiger partial charge on any atom is -0.491 e. The molecule has 0 aliphatic heterocycles. The van der Waals surface area contributed by atoms with Crippen molar-refractivity contribution in [1.29, 1.82) is 0 Å². The SMILES string of the molecule is CCNC(=NCC(O)c1ccc(OC(C)C)cc1)NCCNC(=O)c1ccccc1Cl.I. The van der Waals surface area contributed by atoms with Crippen molar-refractivity contribution in [3.05, 3.63) is 64.7 Å². The van der Waals surface area contributed by atoms with Gasteiger partial charge in [-0.15, -0.1) is 24.0 Å². The number of nitrogens with zero attached hydrogens (tertiary/aromatic N) is 1. The highest BCUT2D eigenvalue weighted by molar-refractivity contribution is 14.0. The molecule has 0 saturated carbocycles. The molecule has 32 heavy (non-hydrogen) atoms. The number of aliphatic hydroxyl groups is 1. The fraction of sp³-hybridized carbons (Fsp3) is 0.391. The van der Waals surface area contributed by atoms with Gasteiger partial charge >= 0.3 is 0 Å². The van der Waals surface area contributed by atoms with Crippen molar-refractivity contribution in [2.75, 3.05) is 26.2 Å². The van der Waals surface area contributed by atoms with Crippen LogP contribution in [0.1, 0.15) is 42.8 Å². The topological polar surface area (TPSA) is 95.0 Å². The van der Waals surface area contributed by atoms with Gasteiger partial charge in [-0.3, -0.25) is 9.79 Å². The minimum atomic E-state index is -0.733. The Kier molecular flexibility index (Phi) is 13.0. The van der Waals surface area contributed by atoms with Crippen molar-refractivity contribution in [3.8, 4) is 5.75 Å². The molecule has 176 valence electrons. The molecule has 0 aliphatic carbocycles. The summed E-state index contributed by atoms with van der Waals surface area (Å²) in [6.45, 7) is 7.64. The average molecular weight is 575 g/mol. The third kappa shape index (κ3) is 9.62. The number of rotatable bonds is 10. The Morgan fingerprint density at radius 2 is 1.72 bits per heavy atom. The first-order valence-electron chi connectivity index (χ1n) is 10.4. The molecule has 1 amide bonds. The maximum atomic E-state index is 12.2. The molecule has 0 fully saturated rings. The molecule has 1 atom stereocenters. The number of ether oxygens (including phenoxy) is 1. The first kappa shape index (κ1) is 28.0. The Labute approximate surface area is 212 Å². The summed E-state index contributed by atoms with van der Waals surface area (Å²) in [5.41, 5.74) is 1.21. The molecule has 2 aromatic rings. The van der Waals surface area contributed by atoms with Crippen molar-refractivity contribution < 1.29 is 14.6 Å². The van der Waals surface area contributed by atoms with Gasteiger partial charge in [-0.25, -0.2) is 0 Å². The summed E-state index contributed by atoms with van der Waals surface area (Å²) in [5.74, 6) is 1.10. The second-order valence-corrected chi connectivity index (χ2v) is 7.54. The number of aliphatic hydroxyl groups excluding tert-OH is 1. The van der Waals surface area contributed by atoms with Gasteiger partial charge in [0, 0.05) is 19.6 Å². The summed E-state index contributed by atoms with van der Waals surface area (Å²) in [6, 6.07) is 14.3. The molecule has 1 unspecified atom stereocenters. The molecular weight excluding hydrogens is 543 g/mol. The van der Waals surface area contributed by atoms with Crippen molar-refractivity contribution in [2.45, 2.75) is 33.0 Å². The third-order valence-electron chi connectivity index (χ3n) is 4.22. The van der Waals surface area contributed by atoms with Crippen LogP contribution in [0.5, 0.6) is 5.75 Å². The van der Waals surface area contributed by atoms with E-state index in [0.29, 0.717) is 36.2 Å². The van der Waals surface area contributed by atoms with Crippen LogP contribution in [-0.2, 0) is 0 Å². The van der Waals surface area contributed by atoms with Crippen molar-refractivity contribution in [3.63, 3.8) is 0 Å². The number of carbonyl (C=O) groups excluding carboxylic acids is 1. The molecule has 0 heterocycles. The summed E-state index contributed by atoms with van der Waals surface area (Å²) in [4.78, 5) is 16.6. The number of benzene rings is 2. The van der Waals surface area contributed by atoms with Gasteiger partial charge in [0.15, 0.2) is 5.96 Å². The highest BCUT2D eigenvalue weighted by atomic mass is 127. The van der Waals surface area contributed by atoms with Crippen LogP contribution in [0.25, 0.3) is 0 Å². The fourth-order valence-corrected chi connectivity index (χ4v) is 2.98. The van der Waals surface area contributed by atoms with Crippen LogP contribution in [0, 0.1) is 0 Å². The number of guanidine groups is 1. The number of hydrogen-bond acceptors (Lipinski definition) is 4. The zero-order valence-corrected chi connectivity index (χ0v) is 21.7. The van der Waals surface area contributed by atoms with E-state index in [-0.39, 0.29) is 42.5 Å². The predicted octanol–water partition coefficient (Wildman–Crippen LogP) is 3.76. The lowest BCUT2D eigenvalue weighted by molar-refractivity contribution is 0.0954. The third-order valence-corrected chi connectivity index (χ3v) is 4.55. The first-order chi connectivity index (χ1) is 14.9. The maximum Gasteiger partial charge on any atom is 0.252 e. The monoisotopic (exact) mass is 574 g/mol. The van der Waals surface area contributed by atoms with Gasteiger partial charge in [0.2, 0.25) is 0 Å². The Morgan fingerprint density at radius 3 is 2.34 bits per heavy atom. The van der Waals surface area contributed by atoms with Gasteiger partial charge in [0.05, 0.1) is 29.3 Å². The quantitative estimate of drug-likeness (QED) is 0.150. The van der Waals surface area contributed by atoms with Gasteiger partial charge in [0.25, 0.3) is 5.91 Å². The molecule has 2 aromatic carbocycles. The van der Waals surface area contributed by atoms with Crippen LogP contribution in [0.2, 0.25) is 5.02 Å². The van der Waals surface area contributed by atoms with E-state index in [4.69, 9.17) is 16.3 Å². The zero-order valence-electron chi connectivity index (χ0n) is 18.6. The molecule has 0 saturated heterocycles. The van der Waals surface area contributed by atoms with E-state index in [1.165, 1.54) is 0 Å². The largest absolute Gasteiger partial charge is 0.491 e. The predicted molar refractivity (Wildman–Crippen MR) is 140 cm³/mol. The Hall–Kier alpha value is -2.04. The standard InChI is InChI=1S/C23H31ClN4O3.HI/c1-4-25-23(27-14-13-26-22(30)19-7-5-6-8-20(19)24)28-15-21(29)17-9-11-18(12-10-17)31-16(2)3;/h5-12,16,21,29H,4,13-15H2,1-3H3,(H,26,30)(H2,25,27,28);1H. The van der Waals surface area contributed by atoms with E-state index in [2.05, 4.69) is 20.9 Å². The number of hydrogen-bond donors (Lipinski definition) is 4. The van der Waals surface area contributed by atoms with Gasteiger partial charge in [0.1, 0.15) is 5.75 Å². The van der Waals surface area contributed by atoms with Crippen LogP contribution in [-0.4, -0.2) is 49.3 Å². The van der Waals surface area contributed by atoms with E-state index >= 15 is 0 Å². The molecule has 4 N–H and O–H groups in total. The number of amides is 1. The maximum absolute atomic E-state index is 12.2. The summed E-state index contributed by atoms with van der Waals surface area (Å²) >= 11 is 6.04. The number of aliphatic imine (C=N–C) groups is 1. The number of nitrogens with one attached hydrogen (secondary N) is 3. The van der Waals surface area contributed by atoms with Crippen LogP contribution in [0.4, 0.5) is 0 Å². The zero-order chi connectivity index (χ0) is 22.6. The molecule has 0 aliphatic rings. The van der Waals surface area contributed by atoms with E-state index in [9.17, 15) is 9.90 Å². The Morgan fingerprint density at radius 1 is 1.06 bits per heavy atom. The summed E-state index contributed by atoms with van der Waals surface area (Å²) < 4.78 is 5.62. The molecule has 7 nitrogen and oxygen atoms in total. The lowest BCUT2D eigenvalue weighted by Gasteiger charge is -2.14. The normalized spacial score (nSPS) is 12.0. The molecule has 0 bridgehead atoms. The molecule has 9 heteroatoms. The lowest BCUT2D eigenvalue weighted by atomic mass is 10.1. The highest BCUT2D eigenvalue weighted by Crippen LogP contribution is 2.19. The average Bonchev–Trinajstić information content (AvgIpc) is 2.75. The van der Waals surface area contributed by atoms with Crippen LogP contribution in [0.3, 0.4) is 0 Å². The smallest absolute Gasteiger partial charge is 0.252 e. The van der Waals surface area contributed by atoms with Gasteiger partial charge in [-0.1, -0.05) is 35.9 Å². The second-order valence-electron chi connectivity index (χ2n) is 7.13. The van der Waals surface area contributed by atoms with Crippen LogP contribution in [0.15, 0.2) is 53.5 Å². The fourth-order valence-electron chi connectivity index (χ4n) is 2.76. The van der Waals surface area contributed by atoms with Crippen LogP contribution >= 0.6 is 35.6 Å². The van der Waals surface area contributed by atoms with Crippen molar-refractivity contribution in [1.82, 2.24) is 16.0 Å². The van der Waals surface area contributed by atoms with E-state index < -0.39 is 6.10 Å². The number of halogens is 2. The molecule has 2 rings (SSSR count). The molecule has 0 radical (unpaired) electrons. The van der Waals surface area contributed by atoms with Crippen LogP contribution < -0.4 is 20.7 Å². The Balaban J connectivity index is 0.00000512. The van der Waals surface area contributed by atoms with Crippen molar-refractivity contribution in [2.24, 2.45) is 4.99 Å². The van der Waals surface area contributed by atoms with Gasteiger partial charge < -0.3 is 25.8 Å². The minimum absolute atomic E-state index is 0. The summed E-state index contributed by atoms with van der Waals surface area (Å²) in [6.07, 6.45) is -0.632. The summed E-state index contributed by atoms with van der Waals surface area (Å²) in [7, 11) is 0.